The number of nitrogens with two attached hydrogens (primary N) is 1. The molecule has 2 N–H and O–H groups in total. The molecule has 4 rings (SSSR count). The van der Waals surface area contributed by atoms with Crippen molar-refractivity contribution in [1.29, 1.82) is 0 Å². The zero-order chi connectivity index (χ0) is 16.0. The minimum Gasteiger partial charge on any atom is -0.382 e. The molecule has 1 aromatic carbocycles. The van der Waals surface area contributed by atoms with E-state index in [2.05, 4.69) is 32.5 Å². The molecule has 2 aromatic heterocycles. The predicted molar refractivity (Wildman–Crippen MR) is 95.2 cm³/mol. The highest BCUT2D eigenvalue weighted by Crippen LogP contribution is 2.46. The Labute approximate surface area is 143 Å². The summed E-state index contributed by atoms with van der Waals surface area (Å²) in [5, 5.41) is 1.53. The van der Waals surface area contributed by atoms with Gasteiger partial charge in [0.05, 0.1) is 5.88 Å². The second-order valence-electron chi connectivity index (χ2n) is 5.12. The highest BCUT2D eigenvalue weighted by Gasteiger charge is 2.30. The van der Waals surface area contributed by atoms with E-state index in [1.54, 1.807) is 11.8 Å². The molecule has 0 saturated carbocycles. The number of imidazole rings is 1. The maximum absolute atomic E-state index is 6.09. The number of aromatic nitrogens is 4. The molecule has 8 heteroatoms. The third-order valence-corrected chi connectivity index (χ3v) is 5.12. The van der Waals surface area contributed by atoms with E-state index in [9.17, 15) is 0 Å². The van der Waals surface area contributed by atoms with Gasteiger partial charge in [0.1, 0.15) is 28.6 Å². The second kappa shape index (κ2) is 5.47. The second-order valence-corrected chi connectivity index (χ2v) is 6.46. The molecule has 0 saturated heterocycles. The maximum atomic E-state index is 6.09. The summed E-state index contributed by atoms with van der Waals surface area (Å²) >= 11 is 6.12. The fourth-order valence-electron chi connectivity index (χ4n) is 2.67. The maximum Gasteiger partial charge on any atom is 0.166 e. The lowest BCUT2D eigenvalue weighted by atomic mass is 10.1. The zero-order valence-corrected chi connectivity index (χ0v) is 14.1. The van der Waals surface area contributed by atoms with Crippen molar-refractivity contribution < 1.29 is 0 Å². The Bertz CT molecular complexity index is 877. The molecule has 3 heterocycles. The van der Waals surface area contributed by atoms with Gasteiger partial charge in [-0.2, -0.15) is 0 Å². The zero-order valence-electron chi connectivity index (χ0n) is 12.3. The predicted octanol–water partition coefficient (Wildman–Crippen LogP) is 2.95. The van der Waals surface area contributed by atoms with Gasteiger partial charge in [0.25, 0.3) is 0 Å². The molecular weight excluding hydrogens is 328 g/mol. The lowest BCUT2D eigenvalue weighted by molar-refractivity contribution is 0.784. The highest BCUT2D eigenvalue weighted by atomic mass is 32.2. The third kappa shape index (κ3) is 2.25. The normalized spacial score (nSPS) is 13.4. The standard InChI is InChI=1S/C15H14N6S2/c1-20-14(10(19-15(20)22)9-5-3-2-4-6-9)21-8-23-13-11(21)12(16)17-7-18-13/h2-7H,8H2,1H3,(H,19,22)(H2,16,17,18). The number of nitrogens with zero attached hydrogens (tertiary/aromatic N) is 5. The molecule has 0 fully saturated rings. The Morgan fingerprint density at radius 2 is 2.00 bits per heavy atom. The highest BCUT2D eigenvalue weighted by molar-refractivity contribution is 7.99. The van der Waals surface area contributed by atoms with Crippen LogP contribution in [0.5, 0.6) is 0 Å². The van der Waals surface area contributed by atoms with Gasteiger partial charge in [0.15, 0.2) is 11.0 Å². The molecule has 0 unspecified atom stereocenters. The molecule has 0 spiro atoms. The van der Waals surface area contributed by atoms with Crippen LogP contribution < -0.4 is 10.6 Å². The Morgan fingerprint density at radius 3 is 2.78 bits per heavy atom. The van der Waals surface area contributed by atoms with Crippen LogP contribution in [-0.2, 0) is 7.05 Å². The molecule has 3 aromatic rings. The van der Waals surface area contributed by atoms with Crippen molar-refractivity contribution in [1.82, 2.24) is 19.5 Å². The summed E-state index contributed by atoms with van der Waals surface area (Å²) in [7, 11) is 1.94. The Balaban J connectivity index is 1.92. The number of thiol groups is 1. The van der Waals surface area contributed by atoms with E-state index < -0.39 is 0 Å². The van der Waals surface area contributed by atoms with E-state index in [4.69, 9.17) is 5.73 Å². The van der Waals surface area contributed by atoms with Crippen molar-refractivity contribution in [3.8, 4) is 11.3 Å². The number of hydrogen-bond donors (Lipinski definition) is 2. The van der Waals surface area contributed by atoms with Crippen LogP contribution in [0.25, 0.3) is 11.3 Å². The van der Waals surface area contributed by atoms with Gasteiger partial charge >= 0.3 is 0 Å². The number of anilines is 3. The number of rotatable bonds is 2. The van der Waals surface area contributed by atoms with Crippen LogP contribution in [0.3, 0.4) is 0 Å². The van der Waals surface area contributed by atoms with Gasteiger partial charge in [-0.1, -0.05) is 42.1 Å². The van der Waals surface area contributed by atoms with Gasteiger partial charge in [-0.15, -0.1) is 12.6 Å². The van der Waals surface area contributed by atoms with Crippen molar-refractivity contribution in [2.45, 2.75) is 10.2 Å². The Kier molecular flexibility index (Phi) is 3.42. The molecule has 116 valence electrons. The van der Waals surface area contributed by atoms with E-state index in [0.29, 0.717) is 16.9 Å². The van der Waals surface area contributed by atoms with Crippen LogP contribution >= 0.6 is 24.4 Å². The summed E-state index contributed by atoms with van der Waals surface area (Å²) in [4.78, 5) is 15.2. The third-order valence-electron chi connectivity index (χ3n) is 3.76. The minimum atomic E-state index is 0.473. The van der Waals surface area contributed by atoms with E-state index >= 15 is 0 Å². The topological polar surface area (TPSA) is 72.9 Å². The number of benzene rings is 1. The van der Waals surface area contributed by atoms with E-state index in [1.807, 2.05) is 41.9 Å². The molecule has 0 bridgehead atoms. The van der Waals surface area contributed by atoms with Gasteiger partial charge in [0.2, 0.25) is 0 Å². The SMILES string of the molecule is Cn1c(S)nc(-c2ccccc2)c1N1CSc2ncnc(N)c21. The Hall–Kier alpha value is -2.19. The number of fused-ring (bicyclic) bond motifs is 1. The fourth-order valence-corrected chi connectivity index (χ4v) is 3.84. The summed E-state index contributed by atoms with van der Waals surface area (Å²) in [6.07, 6.45) is 1.50. The summed E-state index contributed by atoms with van der Waals surface area (Å²) in [5.41, 5.74) is 8.83. The van der Waals surface area contributed by atoms with Crippen molar-refractivity contribution >= 4 is 41.7 Å². The summed E-state index contributed by atoms with van der Waals surface area (Å²) < 4.78 is 1.95. The van der Waals surface area contributed by atoms with Crippen LogP contribution in [0.1, 0.15) is 0 Å². The monoisotopic (exact) mass is 342 g/mol. The van der Waals surface area contributed by atoms with Crippen LogP contribution in [-0.4, -0.2) is 25.4 Å². The van der Waals surface area contributed by atoms with Gasteiger partial charge in [-0.05, 0) is 0 Å². The van der Waals surface area contributed by atoms with E-state index in [1.165, 1.54) is 6.33 Å². The molecule has 6 nitrogen and oxygen atoms in total. The quantitative estimate of drug-likeness (QED) is 0.551. The average molecular weight is 342 g/mol. The molecule has 0 aliphatic carbocycles. The van der Waals surface area contributed by atoms with Gasteiger partial charge < -0.3 is 15.2 Å². The van der Waals surface area contributed by atoms with Crippen molar-refractivity contribution in [2.75, 3.05) is 16.5 Å². The fraction of sp³-hybridized carbons (Fsp3) is 0.133. The number of hydrogen-bond acceptors (Lipinski definition) is 7. The molecule has 1 aliphatic heterocycles. The summed E-state index contributed by atoms with van der Waals surface area (Å²) in [6, 6.07) is 10.1. The van der Waals surface area contributed by atoms with Gasteiger partial charge in [0, 0.05) is 12.6 Å². The van der Waals surface area contributed by atoms with E-state index in [-0.39, 0.29) is 0 Å². The first kappa shape index (κ1) is 14.4. The van der Waals surface area contributed by atoms with Crippen molar-refractivity contribution in [3.05, 3.63) is 36.7 Å². The molecular formula is C15H14N6S2. The van der Waals surface area contributed by atoms with Crippen molar-refractivity contribution in [3.63, 3.8) is 0 Å². The van der Waals surface area contributed by atoms with Crippen LogP contribution in [0.15, 0.2) is 46.8 Å². The largest absolute Gasteiger partial charge is 0.382 e. The van der Waals surface area contributed by atoms with Gasteiger partial charge in [-0.25, -0.2) is 15.0 Å². The molecule has 0 amide bonds. The summed E-state index contributed by atoms with van der Waals surface area (Å²) in [6.45, 7) is 0. The average Bonchev–Trinajstić information content (AvgIpc) is 3.11. The number of nitrogen functional groups attached to an aromatic ring is 1. The molecule has 0 radical (unpaired) electrons. The van der Waals surface area contributed by atoms with E-state index in [0.717, 1.165) is 27.8 Å². The molecule has 0 atom stereocenters. The smallest absolute Gasteiger partial charge is 0.166 e. The lowest BCUT2D eigenvalue weighted by Gasteiger charge is -2.21. The minimum absolute atomic E-state index is 0.473. The summed E-state index contributed by atoms with van der Waals surface area (Å²) in [5.74, 6) is 2.13. The van der Waals surface area contributed by atoms with Gasteiger partial charge in [-0.3, -0.25) is 0 Å². The van der Waals surface area contributed by atoms with Crippen LogP contribution in [0, 0.1) is 0 Å². The first-order chi connectivity index (χ1) is 11.2. The first-order valence-corrected chi connectivity index (χ1v) is 8.42. The molecule has 1 aliphatic rings. The Morgan fingerprint density at radius 1 is 1.22 bits per heavy atom. The number of thioether (sulfide) groups is 1. The van der Waals surface area contributed by atoms with Crippen LogP contribution in [0.4, 0.5) is 17.3 Å². The molecule has 23 heavy (non-hydrogen) atoms. The lowest BCUT2D eigenvalue weighted by Crippen LogP contribution is -2.18. The van der Waals surface area contributed by atoms with Crippen molar-refractivity contribution in [2.24, 2.45) is 7.05 Å². The van der Waals surface area contributed by atoms with Crippen LogP contribution in [0.2, 0.25) is 0 Å². The first-order valence-electron chi connectivity index (χ1n) is 6.98.